The molecule has 0 radical (unpaired) electrons. The van der Waals surface area contributed by atoms with E-state index in [4.69, 9.17) is 4.74 Å². The number of rotatable bonds is 2. The van der Waals surface area contributed by atoms with Gasteiger partial charge in [-0.25, -0.2) is 0 Å². The van der Waals surface area contributed by atoms with Crippen molar-refractivity contribution in [2.75, 3.05) is 14.2 Å². The molecule has 0 saturated carbocycles. The van der Waals surface area contributed by atoms with Gasteiger partial charge < -0.3 is 14.6 Å². The SMILES string of the molecule is COC(=O)C1C=CC=CC=CC1=C(O)OC. The maximum Gasteiger partial charge on any atom is 0.317 e. The van der Waals surface area contributed by atoms with Gasteiger partial charge >= 0.3 is 5.97 Å². The lowest BCUT2D eigenvalue weighted by Crippen LogP contribution is -2.17. The molecular formula is C12H14O4. The van der Waals surface area contributed by atoms with Gasteiger partial charge in [-0.3, -0.25) is 4.79 Å². The van der Waals surface area contributed by atoms with Gasteiger partial charge in [-0.1, -0.05) is 36.5 Å². The van der Waals surface area contributed by atoms with Crippen LogP contribution in [0.15, 0.2) is 48.0 Å². The van der Waals surface area contributed by atoms with Gasteiger partial charge in [0.1, 0.15) is 5.92 Å². The highest BCUT2D eigenvalue weighted by Crippen LogP contribution is 2.21. The second-order valence-corrected chi connectivity index (χ2v) is 3.09. The third-order valence-electron chi connectivity index (χ3n) is 2.14. The molecular weight excluding hydrogens is 208 g/mol. The van der Waals surface area contributed by atoms with Crippen molar-refractivity contribution in [1.82, 2.24) is 0 Å². The summed E-state index contributed by atoms with van der Waals surface area (Å²) in [6.45, 7) is 0. The van der Waals surface area contributed by atoms with Gasteiger partial charge in [0.15, 0.2) is 0 Å². The van der Waals surface area contributed by atoms with Gasteiger partial charge in [0.25, 0.3) is 5.95 Å². The minimum absolute atomic E-state index is 0.286. The fourth-order valence-corrected chi connectivity index (χ4v) is 1.32. The molecule has 1 unspecified atom stereocenters. The number of methoxy groups -OCH3 is 2. The van der Waals surface area contributed by atoms with Crippen LogP contribution in [0, 0.1) is 5.92 Å². The fraction of sp³-hybridized carbons (Fsp3) is 0.250. The van der Waals surface area contributed by atoms with E-state index in [1.165, 1.54) is 14.2 Å². The Bertz CT molecular complexity index is 374. The fourth-order valence-electron chi connectivity index (χ4n) is 1.32. The van der Waals surface area contributed by atoms with Crippen LogP contribution < -0.4 is 0 Å². The second-order valence-electron chi connectivity index (χ2n) is 3.09. The van der Waals surface area contributed by atoms with Crippen molar-refractivity contribution in [2.45, 2.75) is 0 Å². The molecule has 1 N–H and O–H groups in total. The minimum Gasteiger partial charge on any atom is -0.481 e. The van der Waals surface area contributed by atoms with Crippen molar-refractivity contribution in [2.24, 2.45) is 5.92 Å². The Morgan fingerprint density at radius 2 is 1.88 bits per heavy atom. The molecule has 0 heterocycles. The number of esters is 1. The lowest BCUT2D eigenvalue weighted by atomic mass is 9.97. The first-order chi connectivity index (χ1) is 7.70. The summed E-state index contributed by atoms with van der Waals surface area (Å²) in [7, 11) is 2.64. The molecule has 86 valence electrons. The first-order valence-electron chi connectivity index (χ1n) is 4.77. The van der Waals surface area contributed by atoms with Crippen molar-refractivity contribution in [3.8, 4) is 0 Å². The molecule has 0 aliphatic heterocycles. The van der Waals surface area contributed by atoms with Gasteiger partial charge in [0, 0.05) is 0 Å². The molecule has 4 nitrogen and oxygen atoms in total. The quantitative estimate of drug-likeness (QED) is 0.572. The minimum atomic E-state index is -0.661. The summed E-state index contributed by atoms with van der Waals surface area (Å²) in [5.41, 5.74) is 0.370. The van der Waals surface area contributed by atoms with Crippen LogP contribution in [0.25, 0.3) is 0 Å². The molecule has 0 aromatic carbocycles. The van der Waals surface area contributed by atoms with E-state index in [2.05, 4.69) is 4.74 Å². The molecule has 0 bridgehead atoms. The van der Waals surface area contributed by atoms with E-state index >= 15 is 0 Å². The number of carbonyl (C=O) groups is 1. The van der Waals surface area contributed by atoms with Crippen LogP contribution in [0.4, 0.5) is 0 Å². The maximum absolute atomic E-state index is 11.5. The molecule has 1 atom stereocenters. The molecule has 0 fully saturated rings. The topological polar surface area (TPSA) is 55.8 Å². The Hall–Kier alpha value is -1.97. The monoisotopic (exact) mass is 222 g/mol. The van der Waals surface area contributed by atoms with Crippen LogP contribution in [0.3, 0.4) is 0 Å². The van der Waals surface area contributed by atoms with Crippen LogP contribution >= 0.6 is 0 Å². The summed E-state index contributed by atoms with van der Waals surface area (Å²) in [4.78, 5) is 11.5. The summed E-state index contributed by atoms with van der Waals surface area (Å²) in [6, 6.07) is 0. The highest BCUT2D eigenvalue weighted by Gasteiger charge is 2.23. The van der Waals surface area contributed by atoms with Crippen molar-refractivity contribution >= 4 is 5.97 Å². The van der Waals surface area contributed by atoms with Crippen molar-refractivity contribution in [3.63, 3.8) is 0 Å². The zero-order valence-electron chi connectivity index (χ0n) is 9.21. The number of allylic oxidation sites excluding steroid dienone is 5. The number of aliphatic hydroxyl groups excluding tert-OH is 1. The molecule has 1 aliphatic carbocycles. The third kappa shape index (κ3) is 2.76. The Labute approximate surface area is 94.2 Å². The van der Waals surface area contributed by atoms with Crippen LogP contribution in [-0.4, -0.2) is 25.3 Å². The highest BCUT2D eigenvalue weighted by atomic mass is 16.6. The standard InChI is InChI=1S/C12H14O4/c1-15-11(13)9-7-5-3-4-6-8-10(9)12(14)16-2/h3-9,14H,1-2H3. The molecule has 0 saturated heterocycles. The van der Waals surface area contributed by atoms with Gasteiger partial charge in [-0.2, -0.15) is 0 Å². The van der Waals surface area contributed by atoms with Crippen molar-refractivity contribution in [1.29, 1.82) is 0 Å². The van der Waals surface area contributed by atoms with E-state index in [-0.39, 0.29) is 5.95 Å². The molecule has 0 amide bonds. The lowest BCUT2D eigenvalue weighted by Gasteiger charge is -2.13. The summed E-state index contributed by atoms with van der Waals surface area (Å²) >= 11 is 0. The smallest absolute Gasteiger partial charge is 0.317 e. The van der Waals surface area contributed by atoms with Gasteiger partial charge in [0.05, 0.1) is 19.8 Å². The van der Waals surface area contributed by atoms with E-state index in [9.17, 15) is 9.90 Å². The summed E-state index contributed by atoms with van der Waals surface area (Å²) < 4.78 is 9.39. The van der Waals surface area contributed by atoms with Crippen LogP contribution in [0.5, 0.6) is 0 Å². The highest BCUT2D eigenvalue weighted by molar-refractivity contribution is 5.79. The number of aliphatic hydroxyl groups is 1. The van der Waals surface area contributed by atoms with Gasteiger partial charge in [-0.15, -0.1) is 0 Å². The third-order valence-corrected chi connectivity index (χ3v) is 2.14. The van der Waals surface area contributed by atoms with Crippen molar-refractivity contribution < 1.29 is 19.4 Å². The van der Waals surface area contributed by atoms with Crippen LogP contribution in [0.1, 0.15) is 0 Å². The number of hydrogen-bond donors (Lipinski definition) is 1. The zero-order chi connectivity index (χ0) is 12.0. The normalized spacial score (nSPS) is 22.2. The number of ether oxygens (including phenoxy) is 2. The zero-order valence-corrected chi connectivity index (χ0v) is 9.21. The predicted molar refractivity (Wildman–Crippen MR) is 59.6 cm³/mol. The number of hydrogen-bond acceptors (Lipinski definition) is 4. The molecule has 0 spiro atoms. The predicted octanol–water partition coefficient (Wildman–Crippen LogP) is 1.87. The molecule has 4 heteroatoms. The Morgan fingerprint density at radius 3 is 2.50 bits per heavy atom. The molecule has 16 heavy (non-hydrogen) atoms. The molecule has 0 aromatic heterocycles. The lowest BCUT2D eigenvalue weighted by molar-refractivity contribution is -0.142. The summed E-state index contributed by atoms with van der Waals surface area (Å²) in [5.74, 6) is -1.40. The Balaban J connectivity index is 3.17. The first kappa shape index (κ1) is 12.1. The van der Waals surface area contributed by atoms with Crippen LogP contribution in [0.2, 0.25) is 0 Å². The Morgan fingerprint density at radius 1 is 1.19 bits per heavy atom. The summed E-state index contributed by atoms with van der Waals surface area (Å²) in [6.07, 6.45) is 10.2. The molecule has 1 aliphatic rings. The molecule has 1 rings (SSSR count). The first-order valence-corrected chi connectivity index (χ1v) is 4.77. The van der Waals surface area contributed by atoms with Crippen molar-refractivity contribution in [3.05, 3.63) is 48.0 Å². The van der Waals surface area contributed by atoms with E-state index in [0.717, 1.165) is 0 Å². The van der Waals surface area contributed by atoms with E-state index in [1.54, 1.807) is 36.5 Å². The van der Waals surface area contributed by atoms with Gasteiger partial charge in [-0.05, 0) is 0 Å². The second kappa shape index (κ2) is 5.80. The summed E-state index contributed by atoms with van der Waals surface area (Å²) in [5, 5.41) is 9.55. The number of carbonyl (C=O) groups excluding carboxylic acids is 1. The largest absolute Gasteiger partial charge is 0.481 e. The Kier molecular flexibility index (Phi) is 4.39. The van der Waals surface area contributed by atoms with Crippen LogP contribution in [-0.2, 0) is 14.3 Å². The average Bonchev–Trinajstić information content (AvgIpc) is 2.27. The van der Waals surface area contributed by atoms with E-state index < -0.39 is 11.9 Å². The average molecular weight is 222 g/mol. The van der Waals surface area contributed by atoms with E-state index in [1.807, 2.05) is 0 Å². The molecule has 0 aromatic rings. The van der Waals surface area contributed by atoms with E-state index in [0.29, 0.717) is 5.57 Å². The van der Waals surface area contributed by atoms with Gasteiger partial charge in [0.2, 0.25) is 0 Å². The maximum atomic E-state index is 11.5.